The Morgan fingerprint density at radius 2 is 1.89 bits per heavy atom. The van der Waals surface area contributed by atoms with E-state index in [2.05, 4.69) is 0 Å². The Morgan fingerprint density at radius 1 is 1.22 bits per heavy atom. The Hall–Kier alpha value is -1.14. The van der Waals surface area contributed by atoms with Crippen molar-refractivity contribution in [2.45, 2.75) is 50.3 Å². The number of carbonyl (C=O) groups is 2. The average Bonchev–Trinajstić information content (AvgIpc) is 2.71. The maximum absolute atomic E-state index is 12.4. The van der Waals surface area contributed by atoms with E-state index in [4.69, 9.17) is 11.5 Å². The summed E-state index contributed by atoms with van der Waals surface area (Å²) in [6.07, 6.45) is 3.22. The molecule has 1 aliphatic carbocycles. The zero-order valence-corrected chi connectivity index (χ0v) is 10.4. The van der Waals surface area contributed by atoms with Crippen molar-refractivity contribution in [1.82, 2.24) is 4.90 Å². The number of primary amides is 1. The molecular formula is C12H21N3O3. The molecule has 2 amide bonds. The summed E-state index contributed by atoms with van der Waals surface area (Å²) in [7, 11) is 0. The first-order valence-corrected chi connectivity index (χ1v) is 6.54. The van der Waals surface area contributed by atoms with Crippen molar-refractivity contribution in [3.8, 4) is 0 Å². The van der Waals surface area contributed by atoms with Crippen molar-refractivity contribution in [3.63, 3.8) is 0 Å². The Balaban J connectivity index is 2.09. The van der Waals surface area contributed by atoms with Gasteiger partial charge < -0.3 is 21.5 Å². The van der Waals surface area contributed by atoms with Gasteiger partial charge in [-0.1, -0.05) is 12.8 Å². The van der Waals surface area contributed by atoms with Gasteiger partial charge in [-0.25, -0.2) is 0 Å². The van der Waals surface area contributed by atoms with E-state index in [-0.39, 0.29) is 30.8 Å². The van der Waals surface area contributed by atoms with Gasteiger partial charge in [-0.05, 0) is 12.8 Å². The fraction of sp³-hybridized carbons (Fsp3) is 0.833. The minimum Gasteiger partial charge on any atom is -0.391 e. The number of rotatable bonds is 2. The first-order chi connectivity index (χ1) is 8.50. The van der Waals surface area contributed by atoms with Gasteiger partial charge in [0, 0.05) is 19.0 Å². The molecule has 0 bridgehead atoms. The van der Waals surface area contributed by atoms with Crippen LogP contribution >= 0.6 is 0 Å². The van der Waals surface area contributed by atoms with E-state index in [0.717, 1.165) is 25.7 Å². The van der Waals surface area contributed by atoms with Crippen molar-refractivity contribution >= 4 is 11.8 Å². The molecule has 6 heteroatoms. The second-order valence-electron chi connectivity index (χ2n) is 5.35. The number of amides is 2. The van der Waals surface area contributed by atoms with Gasteiger partial charge in [-0.2, -0.15) is 0 Å². The number of hydrogen-bond acceptors (Lipinski definition) is 4. The van der Waals surface area contributed by atoms with Gasteiger partial charge in [-0.3, -0.25) is 9.59 Å². The Morgan fingerprint density at radius 3 is 2.50 bits per heavy atom. The molecule has 1 saturated carbocycles. The molecule has 5 N–H and O–H groups in total. The van der Waals surface area contributed by atoms with Gasteiger partial charge in [0.2, 0.25) is 11.8 Å². The second kappa shape index (κ2) is 5.24. The first-order valence-electron chi connectivity index (χ1n) is 6.54. The quantitative estimate of drug-likeness (QED) is 0.585. The number of likely N-dealkylation sites (tertiary alicyclic amines) is 1. The lowest BCUT2D eigenvalue weighted by molar-refractivity contribution is -0.142. The zero-order chi connectivity index (χ0) is 13.3. The topological polar surface area (TPSA) is 110 Å². The molecule has 2 rings (SSSR count). The van der Waals surface area contributed by atoms with Crippen LogP contribution in [0.25, 0.3) is 0 Å². The molecular weight excluding hydrogens is 234 g/mol. The van der Waals surface area contributed by atoms with Crippen LogP contribution in [0.3, 0.4) is 0 Å². The summed E-state index contributed by atoms with van der Waals surface area (Å²) < 4.78 is 0. The molecule has 102 valence electrons. The van der Waals surface area contributed by atoms with Crippen LogP contribution in [0.1, 0.15) is 32.1 Å². The van der Waals surface area contributed by atoms with Crippen LogP contribution in [-0.4, -0.2) is 46.6 Å². The van der Waals surface area contributed by atoms with E-state index >= 15 is 0 Å². The third-order valence-corrected chi connectivity index (χ3v) is 4.03. The van der Waals surface area contributed by atoms with Crippen molar-refractivity contribution in [3.05, 3.63) is 0 Å². The first kappa shape index (κ1) is 13.3. The highest BCUT2D eigenvalue weighted by molar-refractivity contribution is 5.88. The Kier molecular flexibility index (Phi) is 3.87. The highest BCUT2D eigenvalue weighted by Crippen LogP contribution is 2.28. The fourth-order valence-corrected chi connectivity index (χ4v) is 3.01. The molecule has 0 aromatic rings. The number of hydrogen-bond donors (Lipinski definition) is 3. The minimum atomic E-state index is -0.679. The Bertz CT molecular complexity index is 347. The molecule has 2 fully saturated rings. The van der Waals surface area contributed by atoms with Crippen LogP contribution < -0.4 is 11.5 Å². The molecule has 0 spiro atoms. The predicted molar refractivity (Wildman–Crippen MR) is 65.3 cm³/mol. The standard InChI is InChI=1S/C12H21N3O3/c13-9-4-2-1-3-8(9)12(18)15-6-7(16)5-10(15)11(14)17/h7-10,16H,1-6,13H2,(H2,14,17). The molecule has 0 aromatic carbocycles. The van der Waals surface area contributed by atoms with Gasteiger partial charge in [0.1, 0.15) is 6.04 Å². The number of β-amino-alcohol motifs (C(OH)–C–C–N with tert-alkyl or cyclic N) is 1. The lowest BCUT2D eigenvalue weighted by Crippen LogP contribution is -2.50. The van der Waals surface area contributed by atoms with Gasteiger partial charge in [-0.15, -0.1) is 0 Å². The third kappa shape index (κ3) is 2.49. The maximum atomic E-state index is 12.4. The van der Waals surface area contributed by atoms with E-state index in [1.54, 1.807) is 0 Å². The summed E-state index contributed by atoms with van der Waals surface area (Å²) in [6.45, 7) is 0.190. The highest BCUT2D eigenvalue weighted by atomic mass is 16.3. The lowest BCUT2D eigenvalue weighted by atomic mass is 9.84. The fourth-order valence-electron chi connectivity index (χ4n) is 3.01. The smallest absolute Gasteiger partial charge is 0.240 e. The Labute approximate surface area is 106 Å². The normalized spacial score (nSPS) is 36.7. The van der Waals surface area contributed by atoms with Crippen LogP contribution in [0.4, 0.5) is 0 Å². The molecule has 2 aliphatic rings. The van der Waals surface area contributed by atoms with Crippen LogP contribution in [0.15, 0.2) is 0 Å². The highest BCUT2D eigenvalue weighted by Gasteiger charge is 2.41. The van der Waals surface area contributed by atoms with Crippen LogP contribution in [0.2, 0.25) is 0 Å². The van der Waals surface area contributed by atoms with E-state index in [1.807, 2.05) is 0 Å². The molecule has 0 radical (unpaired) electrons. The molecule has 1 saturated heterocycles. The summed E-state index contributed by atoms with van der Waals surface area (Å²) in [4.78, 5) is 25.1. The van der Waals surface area contributed by atoms with Crippen molar-refractivity contribution in [1.29, 1.82) is 0 Å². The summed E-state index contributed by atoms with van der Waals surface area (Å²) in [5.41, 5.74) is 11.3. The van der Waals surface area contributed by atoms with Gasteiger partial charge in [0.15, 0.2) is 0 Å². The zero-order valence-electron chi connectivity index (χ0n) is 10.4. The lowest BCUT2D eigenvalue weighted by Gasteiger charge is -2.32. The summed E-state index contributed by atoms with van der Waals surface area (Å²) in [5.74, 6) is -0.905. The minimum absolute atomic E-state index is 0.123. The second-order valence-corrected chi connectivity index (χ2v) is 5.35. The summed E-state index contributed by atoms with van der Waals surface area (Å²) in [5, 5.41) is 9.60. The van der Waals surface area contributed by atoms with Crippen LogP contribution in [-0.2, 0) is 9.59 Å². The number of carbonyl (C=O) groups excluding carboxylic acids is 2. The number of aliphatic hydroxyl groups is 1. The third-order valence-electron chi connectivity index (χ3n) is 4.03. The number of nitrogens with two attached hydrogens (primary N) is 2. The number of aliphatic hydroxyl groups excluding tert-OH is 1. The van der Waals surface area contributed by atoms with E-state index in [1.165, 1.54) is 4.90 Å². The van der Waals surface area contributed by atoms with E-state index in [9.17, 15) is 14.7 Å². The monoisotopic (exact) mass is 255 g/mol. The molecule has 1 heterocycles. The summed E-state index contributed by atoms with van der Waals surface area (Å²) >= 11 is 0. The van der Waals surface area contributed by atoms with E-state index in [0.29, 0.717) is 0 Å². The molecule has 18 heavy (non-hydrogen) atoms. The van der Waals surface area contributed by atoms with Crippen molar-refractivity contribution in [2.75, 3.05) is 6.54 Å². The largest absolute Gasteiger partial charge is 0.391 e. The molecule has 1 aliphatic heterocycles. The van der Waals surface area contributed by atoms with Gasteiger partial charge in [0.05, 0.1) is 12.0 Å². The van der Waals surface area contributed by atoms with Crippen molar-refractivity contribution in [2.24, 2.45) is 17.4 Å². The average molecular weight is 255 g/mol. The van der Waals surface area contributed by atoms with Crippen LogP contribution in [0.5, 0.6) is 0 Å². The molecule has 4 unspecified atom stereocenters. The molecule has 4 atom stereocenters. The van der Waals surface area contributed by atoms with Crippen LogP contribution in [0, 0.1) is 5.92 Å². The van der Waals surface area contributed by atoms with Gasteiger partial charge in [0.25, 0.3) is 0 Å². The molecule has 0 aromatic heterocycles. The maximum Gasteiger partial charge on any atom is 0.240 e. The van der Waals surface area contributed by atoms with Gasteiger partial charge >= 0.3 is 0 Å². The summed E-state index contributed by atoms with van der Waals surface area (Å²) in [6, 6.07) is -0.820. The number of nitrogens with zero attached hydrogens (tertiary/aromatic N) is 1. The molecule has 6 nitrogen and oxygen atoms in total. The SMILES string of the molecule is NC(=O)C1CC(O)CN1C(=O)C1CCCCC1N. The predicted octanol–water partition coefficient (Wildman–Crippen LogP) is -1.05. The van der Waals surface area contributed by atoms with Crippen molar-refractivity contribution < 1.29 is 14.7 Å². The van der Waals surface area contributed by atoms with E-state index < -0.39 is 18.1 Å².